The molecule has 0 spiro atoms. The van der Waals surface area contributed by atoms with Crippen LogP contribution in [0.5, 0.6) is 0 Å². The van der Waals surface area contributed by atoms with Gasteiger partial charge in [0.05, 0.1) is 5.69 Å². The average molecular weight is 338 g/mol. The van der Waals surface area contributed by atoms with Crippen LogP contribution in [-0.2, 0) is 4.79 Å². The van der Waals surface area contributed by atoms with E-state index in [0.29, 0.717) is 24.7 Å². The Morgan fingerprint density at radius 2 is 1.92 bits per heavy atom. The van der Waals surface area contributed by atoms with E-state index >= 15 is 0 Å². The molecule has 3 aliphatic heterocycles. The van der Waals surface area contributed by atoms with E-state index in [0.717, 1.165) is 30.6 Å². The van der Waals surface area contributed by atoms with Gasteiger partial charge in [0.2, 0.25) is 5.91 Å². The van der Waals surface area contributed by atoms with E-state index in [-0.39, 0.29) is 17.9 Å². The van der Waals surface area contributed by atoms with Crippen molar-refractivity contribution in [3.63, 3.8) is 0 Å². The molecule has 5 rings (SSSR count). The summed E-state index contributed by atoms with van der Waals surface area (Å²) in [6, 6.07) is 11.7. The fourth-order valence-electron chi connectivity index (χ4n) is 3.93. The Kier molecular flexibility index (Phi) is 4.03. The van der Waals surface area contributed by atoms with Gasteiger partial charge in [0.15, 0.2) is 0 Å². The molecule has 0 unspecified atom stereocenters. The van der Waals surface area contributed by atoms with Gasteiger partial charge in [-0.15, -0.1) is 0 Å². The molecule has 25 heavy (non-hydrogen) atoms. The number of aromatic nitrogens is 2. The molecule has 0 aliphatic carbocycles. The molecule has 2 aromatic rings. The topological polar surface area (TPSA) is 69.3 Å². The summed E-state index contributed by atoms with van der Waals surface area (Å²) in [6.45, 7) is 3.72. The fraction of sp³-hybridized carbons (Fsp3) is 0.421. The number of hydrogen-bond donors (Lipinski definition) is 1. The summed E-state index contributed by atoms with van der Waals surface area (Å²) in [5.41, 5.74) is 2.27. The summed E-state index contributed by atoms with van der Waals surface area (Å²) in [6.07, 6.45) is 2.04. The number of hydrogen-bond acceptors (Lipinski definition) is 3. The van der Waals surface area contributed by atoms with Crippen LogP contribution in [0.15, 0.2) is 36.4 Å². The Balaban J connectivity index is 1.55. The number of rotatable bonds is 2. The van der Waals surface area contributed by atoms with Crippen LogP contribution in [0, 0.1) is 5.92 Å². The average Bonchev–Trinajstić information content (AvgIpc) is 2.94. The molecular weight excluding hydrogens is 316 g/mol. The molecule has 6 heteroatoms. The minimum Gasteiger partial charge on any atom is -0.341 e. The summed E-state index contributed by atoms with van der Waals surface area (Å²) in [5, 5.41) is 7.19. The monoisotopic (exact) mass is 338 g/mol. The third-order valence-corrected chi connectivity index (χ3v) is 5.30. The third-order valence-electron chi connectivity index (χ3n) is 5.30. The summed E-state index contributed by atoms with van der Waals surface area (Å²) in [7, 11) is 0. The van der Waals surface area contributed by atoms with Gasteiger partial charge in [-0.2, -0.15) is 5.10 Å². The van der Waals surface area contributed by atoms with Gasteiger partial charge in [0.25, 0.3) is 5.91 Å². The maximum atomic E-state index is 13.0. The number of amides is 2. The number of piperidine rings is 1. The van der Waals surface area contributed by atoms with Crippen molar-refractivity contribution in [2.45, 2.75) is 25.8 Å². The zero-order chi connectivity index (χ0) is 17.4. The van der Waals surface area contributed by atoms with Crippen molar-refractivity contribution in [1.82, 2.24) is 20.0 Å². The number of fused-ring (bicyclic) bond motifs is 4. The van der Waals surface area contributed by atoms with Gasteiger partial charge in [-0.3, -0.25) is 14.7 Å². The molecule has 1 N–H and O–H groups in total. The van der Waals surface area contributed by atoms with Crippen LogP contribution in [0.1, 0.15) is 30.3 Å². The van der Waals surface area contributed by atoms with Crippen molar-refractivity contribution in [1.29, 1.82) is 0 Å². The molecule has 1 aromatic heterocycles. The highest BCUT2D eigenvalue weighted by atomic mass is 16.2. The molecule has 0 radical (unpaired) electrons. The Morgan fingerprint density at radius 3 is 2.68 bits per heavy atom. The maximum Gasteiger partial charge on any atom is 0.272 e. The molecule has 2 bridgehead atoms. The molecule has 130 valence electrons. The lowest BCUT2D eigenvalue weighted by atomic mass is 9.94. The predicted molar refractivity (Wildman–Crippen MR) is 93.8 cm³/mol. The van der Waals surface area contributed by atoms with E-state index in [4.69, 9.17) is 0 Å². The van der Waals surface area contributed by atoms with Crippen LogP contribution >= 0.6 is 0 Å². The van der Waals surface area contributed by atoms with Crippen molar-refractivity contribution in [3.8, 4) is 11.3 Å². The summed E-state index contributed by atoms with van der Waals surface area (Å²) in [4.78, 5) is 28.6. The number of benzene rings is 1. The second kappa shape index (κ2) is 6.35. The first-order valence-electron chi connectivity index (χ1n) is 8.79. The first-order valence-corrected chi connectivity index (χ1v) is 8.79. The van der Waals surface area contributed by atoms with E-state index < -0.39 is 0 Å². The maximum absolute atomic E-state index is 13.0. The van der Waals surface area contributed by atoms with Crippen LogP contribution in [0.25, 0.3) is 11.3 Å². The van der Waals surface area contributed by atoms with Gasteiger partial charge >= 0.3 is 0 Å². The number of H-pyrrole nitrogens is 1. The van der Waals surface area contributed by atoms with Crippen LogP contribution in [-0.4, -0.2) is 57.5 Å². The number of carbonyl (C=O) groups is 2. The van der Waals surface area contributed by atoms with Crippen LogP contribution < -0.4 is 0 Å². The van der Waals surface area contributed by atoms with E-state index in [1.54, 1.807) is 6.92 Å². The number of nitrogens with one attached hydrogen (secondary N) is 1. The first kappa shape index (κ1) is 15.9. The molecule has 0 saturated carbocycles. The number of carbonyl (C=O) groups excluding carboxylic acids is 2. The highest BCUT2D eigenvalue weighted by Crippen LogP contribution is 2.29. The lowest BCUT2D eigenvalue weighted by Crippen LogP contribution is -2.47. The van der Waals surface area contributed by atoms with E-state index in [9.17, 15) is 9.59 Å². The Labute approximate surface area is 146 Å². The van der Waals surface area contributed by atoms with Gasteiger partial charge in [-0.05, 0) is 24.8 Å². The second-order valence-electron chi connectivity index (χ2n) is 7.01. The minimum atomic E-state index is -0.0187. The van der Waals surface area contributed by atoms with Crippen LogP contribution in [0.3, 0.4) is 0 Å². The molecule has 4 heterocycles. The van der Waals surface area contributed by atoms with E-state index in [1.165, 1.54) is 0 Å². The van der Waals surface area contributed by atoms with Gasteiger partial charge in [-0.25, -0.2) is 0 Å². The van der Waals surface area contributed by atoms with E-state index in [1.807, 2.05) is 46.2 Å². The Morgan fingerprint density at radius 1 is 1.12 bits per heavy atom. The first-order chi connectivity index (χ1) is 12.1. The summed E-state index contributed by atoms with van der Waals surface area (Å²) in [5.74, 6) is 0.442. The number of nitrogens with zero attached hydrogens (tertiary/aromatic N) is 3. The molecule has 6 nitrogen and oxygen atoms in total. The van der Waals surface area contributed by atoms with Gasteiger partial charge in [0, 0.05) is 38.2 Å². The fourth-order valence-corrected chi connectivity index (χ4v) is 3.93. The van der Waals surface area contributed by atoms with Crippen molar-refractivity contribution >= 4 is 11.8 Å². The lowest BCUT2D eigenvalue weighted by Gasteiger charge is -2.35. The molecule has 3 fully saturated rings. The Bertz CT molecular complexity index is 786. The SMILES string of the molecule is CC(=O)N1C[C@@H]2CC[C@H](C1)N(C(=O)c1cc(-c3ccccc3)n[nH]1)C2. The number of aromatic amines is 1. The third kappa shape index (κ3) is 3.04. The van der Waals surface area contributed by atoms with Crippen molar-refractivity contribution in [2.24, 2.45) is 5.92 Å². The summed E-state index contributed by atoms with van der Waals surface area (Å²) >= 11 is 0. The smallest absolute Gasteiger partial charge is 0.272 e. The van der Waals surface area contributed by atoms with Gasteiger partial charge < -0.3 is 9.80 Å². The van der Waals surface area contributed by atoms with Crippen molar-refractivity contribution in [2.75, 3.05) is 19.6 Å². The standard InChI is InChI=1S/C19H22N4O2/c1-13(24)22-10-14-7-8-16(12-22)23(11-14)19(25)18-9-17(20-21-18)15-5-3-2-4-6-15/h2-6,9,14,16H,7-8,10-12H2,1H3,(H,20,21)/t14-,16+/m0/s1. The molecular formula is C19H22N4O2. The van der Waals surface area contributed by atoms with Gasteiger partial charge in [-0.1, -0.05) is 30.3 Å². The zero-order valence-corrected chi connectivity index (χ0v) is 14.3. The zero-order valence-electron chi connectivity index (χ0n) is 14.3. The normalized spacial score (nSPS) is 22.8. The molecule has 2 amide bonds. The van der Waals surface area contributed by atoms with Crippen LogP contribution in [0.2, 0.25) is 0 Å². The van der Waals surface area contributed by atoms with Crippen molar-refractivity contribution < 1.29 is 9.59 Å². The van der Waals surface area contributed by atoms with Crippen molar-refractivity contribution in [3.05, 3.63) is 42.1 Å². The quantitative estimate of drug-likeness (QED) is 0.912. The summed E-state index contributed by atoms with van der Waals surface area (Å²) < 4.78 is 0. The highest BCUT2D eigenvalue weighted by molar-refractivity contribution is 5.93. The molecule has 2 atom stereocenters. The molecule has 1 aromatic carbocycles. The second-order valence-corrected chi connectivity index (χ2v) is 7.01. The van der Waals surface area contributed by atoms with E-state index in [2.05, 4.69) is 10.2 Å². The predicted octanol–water partition coefficient (Wildman–Crippen LogP) is 2.16. The largest absolute Gasteiger partial charge is 0.341 e. The highest BCUT2D eigenvalue weighted by Gasteiger charge is 2.38. The minimum absolute atomic E-state index is 0.0187. The van der Waals surface area contributed by atoms with Crippen LogP contribution in [0.4, 0.5) is 0 Å². The Hall–Kier alpha value is -2.63. The lowest BCUT2D eigenvalue weighted by molar-refractivity contribution is -0.129. The van der Waals surface area contributed by atoms with Gasteiger partial charge in [0.1, 0.15) is 5.69 Å². The molecule has 3 aliphatic rings. The molecule has 3 saturated heterocycles.